The first-order valence-electron chi connectivity index (χ1n) is 6.30. The van der Waals surface area contributed by atoms with Gasteiger partial charge in [-0.3, -0.25) is 0 Å². The van der Waals surface area contributed by atoms with Gasteiger partial charge in [-0.1, -0.05) is 23.7 Å². The number of hydrogen-bond acceptors (Lipinski definition) is 2. The van der Waals surface area contributed by atoms with E-state index in [-0.39, 0.29) is 17.0 Å². The fourth-order valence-corrected chi connectivity index (χ4v) is 2.34. The van der Waals surface area contributed by atoms with Gasteiger partial charge in [0, 0.05) is 11.6 Å². The van der Waals surface area contributed by atoms with Crippen LogP contribution in [-0.4, -0.2) is 9.78 Å². The Morgan fingerprint density at radius 2 is 1.86 bits per heavy atom. The zero-order chi connectivity index (χ0) is 15.7. The fourth-order valence-electron chi connectivity index (χ4n) is 2.13. The number of hydrogen-bond donors (Lipinski definition) is 0. The van der Waals surface area contributed by atoms with Crippen molar-refractivity contribution in [3.8, 4) is 23.0 Å². The number of nitriles is 1. The average Bonchev–Trinajstić information content (AvgIpc) is 2.94. The second kappa shape index (κ2) is 5.58. The van der Waals surface area contributed by atoms with E-state index in [0.29, 0.717) is 10.7 Å². The van der Waals surface area contributed by atoms with Crippen LogP contribution in [0.4, 0.5) is 8.78 Å². The van der Waals surface area contributed by atoms with Crippen LogP contribution >= 0.6 is 11.6 Å². The van der Waals surface area contributed by atoms with Crippen LogP contribution < -0.4 is 0 Å². The van der Waals surface area contributed by atoms with E-state index < -0.39 is 11.6 Å². The average molecular weight is 316 g/mol. The lowest BCUT2D eigenvalue weighted by Crippen LogP contribution is -2.01. The molecule has 0 atom stereocenters. The van der Waals surface area contributed by atoms with Crippen LogP contribution in [0.1, 0.15) is 5.69 Å². The summed E-state index contributed by atoms with van der Waals surface area (Å²) in [4.78, 5) is 0. The molecule has 0 fully saturated rings. The summed E-state index contributed by atoms with van der Waals surface area (Å²) in [5.41, 5.74) is 0.818. The molecular weight excluding hydrogens is 308 g/mol. The van der Waals surface area contributed by atoms with Gasteiger partial charge in [-0.25, -0.2) is 13.5 Å². The summed E-state index contributed by atoms with van der Waals surface area (Å²) in [5, 5.41) is 13.5. The molecule has 22 heavy (non-hydrogen) atoms. The van der Waals surface area contributed by atoms with Gasteiger partial charge in [0.05, 0.1) is 16.4 Å². The molecule has 3 aromatic rings. The third-order valence-electron chi connectivity index (χ3n) is 3.11. The minimum atomic E-state index is -0.612. The van der Waals surface area contributed by atoms with Gasteiger partial charge < -0.3 is 0 Å². The van der Waals surface area contributed by atoms with Gasteiger partial charge in [-0.2, -0.15) is 10.4 Å². The third-order valence-corrected chi connectivity index (χ3v) is 3.43. The van der Waals surface area contributed by atoms with E-state index in [0.717, 1.165) is 18.2 Å². The van der Waals surface area contributed by atoms with Crippen molar-refractivity contribution in [3.63, 3.8) is 0 Å². The first kappa shape index (κ1) is 14.2. The lowest BCUT2D eigenvalue weighted by atomic mass is 10.1. The van der Waals surface area contributed by atoms with Gasteiger partial charge in [0.2, 0.25) is 0 Å². The molecular formula is C16H8ClF2N3. The Morgan fingerprint density at radius 3 is 2.59 bits per heavy atom. The Balaban J connectivity index is 2.29. The summed E-state index contributed by atoms with van der Waals surface area (Å²) in [5.74, 6) is -1.19. The van der Waals surface area contributed by atoms with Crippen LogP contribution in [0.15, 0.2) is 48.5 Å². The minimum Gasteiger partial charge on any atom is -0.230 e. The normalized spacial score (nSPS) is 10.5. The molecule has 0 aliphatic carbocycles. The lowest BCUT2D eigenvalue weighted by Gasteiger charge is -2.10. The number of rotatable bonds is 2. The van der Waals surface area contributed by atoms with Gasteiger partial charge in [0.15, 0.2) is 5.69 Å². The molecule has 0 N–H and O–H groups in total. The molecule has 0 saturated heterocycles. The van der Waals surface area contributed by atoms with E-state index in [1.54, 1.807) is 24.3 Å². The molecule has 0 bridgehead atoms. The number of benzene rings is 2. The molecule has 0 aliphatic rings. The van der Waals surface area contributed by atoms with Crippen LogP contribution in [0.2, 0.25) is 5.02 Å². The maximum Gasteiger partial charge on any atom is 0.163 e. The Kier molecular flexibility index (Phi) is 3.61. The second-order valence-corrected chi connectivity index (χ2v) is 4.92. The highest BCUT2D eigenvalue weighted by molar-refractivity contribution is 6.32. The zero-order valence-electron chi connectivity index (χ0n) is 11.1. The van der Waals surface area contributed by atoms with Gasteiger partial charge in [-0.05, 0) is 30.3 Å². The summed E-state index contributed by atoms with van der Waals surface area (Å²) in [6, 6.07) is 13.2. The molecule has 1 aromatic heterocycles. The summed E-state index contributed by atoms with van der Waals surface area (Å²) < 4.78 is 28.8. The quantitative estimate of drug-likeness (QED) is 0.705. The van der Waals surface area contributed by atoms with Crippen LogP contribution in [0.3, 0.4) is 0 Å². The first-order chi connectivity index (χ1) is 10.6. The highest BCUT2D eigenvalue weighted by atomic mass is 35.5. The Hall–Kier alpha value is -2.71. The van der Waals surface area contributed by atoms with Crippen LogP contribution in [0.5, 0.6) is 0 Å². The van der Waals surface area contributed by atoms with Crippen molar-refractivity contribution < 1.29 is 8.78 Å². The van der Waals surface area contributed by atoms with E-state index >= 15 is 0 Å². The molecule has 0 saturated carbocycles. The minimum absolute atomic E-state index is 0.00826. The molecule has 0 unspecified atom stereocenters. The van der Waals surface area contributed by atoms with Crippen molar-refractivity contribution in [1.29, 1.82) is 5.26 Å². The standard InChI is InChI=1S/C16H8ClF2N3/c17-13-3-1-2-4-15(13)22-16(8-11(9-20)21-22)12-7-10(18)5-6-14(12)19/h1-8H. The first-order valence-corrected chi connectivity index (χ1v) is 6.68. The monoisotopic (exact) mass is 315 g/mol. The maximum absolute atomic E-state index is 14.0. The van der Waals surface area contributed by atoms with Gasteiger partial charge in [0.25, 0.3) is 0 Å². The third kappa shape index (κ3) is 2.45. The molecule has 0 amide bonds. The molecule has 2 aromatic carbocycles. The van der Waals surface area contributed by atoms with Crippen molar-refractivity contribution >= 4 is 11.6 Å². The van der Waals surface area contributed by atoms with Gasteiger partial charge >= 0.3 is 0 Å². The molecule has 1 heterocycles. The van der Waals surface area contributed by atoms with E-state index in [4.69, 9.17) is 16.9 Å². The molecule has 0 spiro atoms. The number of nitrogens with zero attached hydrogens (tertiary/aromatic N) is 3. The largest absolute Gasteiger partial charge is 0.230 e. The summed E-state index contributed by atoms with van der Waals surface area (Å²) in [6.45, 7) is 0. The summed E-state index contributed by atoms with van der Waals surface area (Å²) in [6.07, 6.45) is 0. The highest BCUT2D eigenvalue weighted by Crippen LogP contribution is 2.29. The lowest BCUT2D eigenvalue weighted by molar-refractivity contribution is 0.602. The van der Waals surface area contributed by atoms with Crippen LogP contribution in [0.25, 0.3) is 16.9 Å². The second-order valence-electron chi connectivity index (χ2n) is 4.51. The predicted octanol–water partition coefficient (Wildman–Crippen LogP) is 4.34. The van der Waals surface area contributed by atoms with E-state index in [2.05, 4.69) is 5.10 Å². The molecule has 108 valence electrons. The highest BCUT2D eigenvalue weighted by Gasteiger charge is 2.17. The number of aromatic nitrogens is 2. The molecule has 0 radical (unpaired) electrons. The SMILES string of the molecule is N#Cc1cc(-c2cc(F)ccc2F)n(-c2ccccc2Cl)n1. The molecule has 0 aliphatic heterocycles. The molecule has 6 heteroatoms. The Bertz CT molecular complexity index is 897. The summed E-state index contributed by atoms with van der Waals surface area (Å²) in [7, 11) is 0. The fraction of sp³-hybridized carbons (Fsp3) is 0. The van der Waals surface area contributed by atoms with Crippen molar-refractivity contribution in [3.05, 3.63) is 70.9 Å². The van der Waals surface area contributed by atoms with Crippen molar-refractivity contribution in [2.45, 2.75) is 0 Å². The van der Waals surface area contributed by atoms with E-state index in [1.165, 1.54) is 10.7 Å². The Labute approximate surface area is 130 Å². The molecule has 3 rings (SSSR count). The van der Waals surface area contributed by atoms with Crippen molar-refractivity contribution in [2.24, 2.45) is 0 Å². The predicted molar refractivity (Wildman–Crippen MR) is 78.6 cm³/mol. The van der Waals surface area contributed by atoms with Gasteiger partial charge in [-0.15, -0.1) is 0 Å². The van der Waals surface area contributed by atoms with E-state index in [1.807, 2.05) is 6.07 Å². The smallest absolute Gasteiger partial charge is 0.163 e. The molecule has 3 nitrogen and oxygen atoms in total. The topological polar surface area (TPSA) is 41.6 Å². The maximum atomic E-state index is 14.0. The van der Waals surface area contributed by atoms with Crippen molar-refractivity contribution in [1.82, 2.24) is 9.78 Å². The van der Waals surface area contributed by atoms with Gasteiger partial charge in [0.1, 0.15) is 17.7 Å². The number of halogens is 3. The number of para-hydroxylation sites is 1. The van der Waals surface area contributed by atoms with Crippen LogP contribution in [-0.2, 0) is 0 Å². The zero-order valence-corrected chi connectivity index (χ0v) is 11.9. The Morgan fingerprint density at radius 1 is 1.09 bits per heavy atom. The van der Waals surface area contributed by atoms with Crippen molar-refractivity contribution in [2.75, 3.05) is 0 Å². The summed E-state index contributed by atoms with van der Waals surface area (Å²) >= 11 is 6.13. The van der Waals surface area contributed by atoms with Crippen LogP contribution in [0, 0.1) is 23.0 Å². The van der Waals surface area contributed by atoms with E-state index in [9.17, 15) is 8.78 Å².